The number of pyridine rings is 2. The number of rotatable bonds is 6. The topological polar surface area (TPSA) is 91.7 Å². The number of likely N-dealkylation sites (tertiary alicyclic amines) is 1. The van der Waals surface area contributed by atoms with E-state index in [1.165, 1.54) is 5.56 Å². The minimum absolute atomic E-state index is 0.188. The van der Waals surface area contributed by atoms with Gasteiger partial charge in [-0.3, -0.25) is 9.69 Å². The Morgan fingerprint density at radius 2 is 1.92 bits per heavy atom. The maximum absolute atomic E-state index is 12.0. The predicted octanol–water partition coefficient (Wildman–Crippen LogP) is 2.46. The number of nitrogens with one attached hydrogen (secondary N) is 1. The van der Waals surface area contributed by atoms with Crippen molar-refractivity contribution in [2.45, 2.75) is 38.0 Å². The van der Waals surface area contributed by atoms with E-state index in [0.717, 1.165) is 82.1 Å². The van der Waals surface area contributed by atoms with Gasteiger partial charge in [0.2, 0.25) is 5.56 Å². The molecule has 204 valence electrons. The molecule has 0 saturated carbocycles. The molecule has 1 aromatic carbocycles. The van der Waals surface area contributed by atoms with Crippen molar-refractivity contribution >= 4 is 22.4 Å². The van der Waals surface area contributed by atoms with Gasteiger partial charge in [0.15, 0.2) is 0 Å². The third-order valence-corrected chi connectivity index (χ3v) is 8.76. The summed E-state index contributed by atoms with van der Waals surface area (Å²) in [5, 5.41) is 10.5. The van der Waals surface area contributed by atoms with Crippen molar-refractivity contribution in [3.05, 3.63) is 64.1 Å². The van der Waals surface area contributed by atoms with E-state index < -0.39 is 0 Å². The summed E-state index contributed by atoms with van der Waals surface area (Å²) < 4.78 is 5.49. The number of methoxy groups -OCH3 is 1. The average Bonchev–Trinajstić information content (AvgIpc) is 3.43. The summed E-state index contributed by atoms with van der Waals surface area (Å²) in [7, 11) is 1.81. The van der Waals surface area contributed by atoms with Gasteiger partial charge in [-0.2, -0.15) is 5.26 Å². The summed E-state index contributed by atoms with van der Waals surface area (Å²) in [6, 6.07) is 14.6. The molecule has 3 atom stereocenters. The first kappa shape index (κ1) is 25.8. The summed E-state index contributed by atoms with van der Waals surface area (Å²) in [6.07, 6.45) is 4.56. The third-order valence-electron chi connectivity index (χ3n) is 8.76. The molecule has 3 fully saturated rings. The van der Waals surface area contributed by atoms with Crippen molar-refractivity contribution in [3.8, 4) is 6.07 Å². The van der Waals surface area contributed by atoms with Gasteiger partial charge in [-0.1, -0.05) is 6.07 Å². The highest BCUT2D eigenvalue weighted by molar-refractivity contribution is 5.95. The van der Waals surface area contributed by atoms with E-state index in [4.69, 9.17) is 9.72 Å². The molecule has 0 aliphatic carbocycles. The Morgan fingerprint density at radius 3 is 2.69 bits per heavy atom. The Labute approximate surface area is 229 Å². The van der Waals surface area contributed by atoms with Gasteiger partial charge in [-0.15, -0.1) is 0 Å². The van der Waals surface area contributed by atoms with Crippen LogP contribution in [0.1, 0.15) is 24.5 Å². The molecule has 3 unspecified atom stereocenters. The molecule has 39 heavy (non-hydrogen) atoms. The Hall–Kier alpha value is -3.45. The van der Waals surface area contributed by atoms with Crippen LogP contribution in [0.4, 0.5) is 11.5 Å². The van der Waals surface area contributed by atoms with Crippen LogP contribution in [0.25, 0.3) is 10.9 Å². The molecule has 9 heteroatoms. The van der Waals surface area contributed by atoms with Crippen LogP contribution in [0.3, 0.4) is 0 Å². The van der Waals surface area contributed by atoms with Crippen LogP contribution in [-0.2, 0) is 11.2 Å². The number of anilines is 2. The number of aromatic amines is 1. The quantitative estimate of drug-likeness (QED) is 0.523. The van der Waals surface area contributed by atoms with Crippen LogP contribution in [0.5, 0.6) is 0 Å². The average molecular weight is 528 g/mol. The molecule has 0 bridgehead atoms. The molecule has 0 amide bonds. The largest absolute Gasteiger partial charge is 0.380 e. The fraction of sp³-hybridized carbons (Fsp3) is 0.500. The number of hydrogen-bond donors (Lipinski definition) is 1. The monoisotopic (exact) mass is 527 g/mol. The first-order valence-electron chi connectivity index (χ1n) is 14.0. The number of hydrogen-bond acceptors (Lipinski definition) is 8. The minimum Gasteiger partial charge on any atom is -0.380 e. The van der Waals surface area contributed by atoms with Gasteiger partial charge >= 0.3 is 0 Å². The van der Waals surface area contributed by atoms with E-state index in [1.54, 1.807) is 13.2 Å². The zero-order valence-corrected chi connectivity index (χ0v) is 22.8. The number of ether oxygens (including phenoxy) is 1. The molecule has 3 aromatic rings. The van der Waals surface area contributed by atoms with Crippen LogP contribution < -0.4 is 15.4 Å². The third kappa shape index (κ3) is 5.24. The number of nitrogens with zero attached hydrogens (tertiary/aromatic N) is 6. The van der Waals surface area contributed by atoms with Gasteiger partial charge in [0, 0.05) is 94.9 Å². The van der Waals surface area contributed by atoms with Gasteiger partial charge in [0.05, 0.1) is 17.2 Å². The maximum Gasteiger partial charge on any atom is 0.248 e. The second kappa shape index (κ2) is 11.0. The van der Waals surface area contributed by atoms with Gasteiger partial charge in [-0.05, 0) is 49.6 Å². The molecular formula is C30H37N7O2. The molecule has 0 radical (unpaired) electrons. The molecular weight excluding hydrogens is 490 g/mol. The summed E-state index contributed by atoms with van der Waals surface area (Å²) >= 11 is 0. The smallest absolute Gasteiger partial charge is 0.248 e. The highest BCUT2D eigenvalue weighted by atomic mass is 16.5. The first-order chi connectivity index (χ1) is 19.0. The lowest BCUT2D eigenvalue weighted by Crippen LogP contribution is -2.65. The van der Waals surface area contributed by atoms with E-state index in [0.29, 0.717) is 29.3 Å². The number of benzene rings is 1. The zero-order chi connectivity index (χ0) is 26.9. The van der Waals surface area contributed by atoms with Crippen molar-refractivity contribution in [1.82, 2.24) is 19.8 Å². The van der Waals surface area contributed by atoms with E-state index in [2.05, 4.69) is 49.7 Å². The second-order valence-electron chi connectivity index (χ2n) is 11.2. The van der Waals surface area contributed by atoms with Gasteiger partial charge in [0.1, 0.15) is 11.9 Å². The van der Waals surface area contributed by atoms with Crippen LogP contribution in [0.2, 0.25) is 0 Å². The second-order valence-corrected chi connectivity index (χ2v) is 11.2. The van der Waals surface area contributed by atoms with E-state index >= 15 is 0 Å². The van der Waals surface area contributed by atoms with Crippen molar-refractivity contribution < 1.29 is 4.74 Å². The van der Waals surface area contributed by atoms with Gasteiger partial charge in [-0.25, -0.2) is 4.98 Å². The van der Waals surface area contributed by atoms with Crippen LogP contribution in [0.15, 0.2) is 47.4 Å². The molecule has 6 rings (SSSR count). The lowest BCUT2D eigenvalue weighted by atomic mass is 10.0. The highest BCUT2D eigenvalue weighted by Crippen LogP contribution is 2.32. The fourth-order valence-electron chi connectivity index (χ4n) is 6.61. The molecule has 1 N–H and O–H groups in total. The molecule has 2 aromatic heterocycles. The first-order valence-corrected chi connectivity index (χ1v) is 14.0. The Kier molecular flexibility index (Phi) is 7.26. The van der Waals surface area contributed by atoms with Crippen molar-refractivity contribution in [2.24, 2.45) is 0 Å². The normalized spacial score (nSPS) is 24.2. The van der Waals surface area contributed by atoms with E-state index in [9.17, 15) is 10.1 Å². The zero-order valence-electron chi connectivity index (χ0n) is 22.8. The number of aromatic nitrogens is 2. The standard InChI is InChI=1S/C30H37N7O2/c1-21-17-36(27-6-4-23(15-31)30-26(27)5-8-29(38)33-30)19-24-18-35(13-14-37(21)24)28-7-3-22(16-32-28)9-11-34-12-10-25(20-34)39-2/h3-8,16,21,24-25H,9-14,17-20H2,1-2H3,(H,33,38). The van der Waals surface area contributed by atoms with Crippen molar-refractivity contribution in [3.63, 3.8) is 0 Å². The summed E-state index contributed by atoms with van der Waals surface area (Å²) in [4.78, 5) is 29.7. The van der Waals surface area contributed by atoms with Crippen LogP contribution in [-0.4, -0.2) is 97.4 Å². The summed E-state index contributed by atoms with van der Waals surface area (Å²) in [5.41, 5.74) is 3.28. The predicted molar refractivity (Wildman–Crippen MR) is 153 cm³/mol. The van der Waals surface area contributed by atoms with E-state index in [1.807, 2.05) is 24.4 Å². The number of piperazine rings is 2. The molecule has 0 spiro atoms. The highest BCUT2D eigenvalue weighted by Gasteiger charge is 2.37. The maximum atomic E-state index is 12.0. The fourth-order valence-corrected chi connectivity index (χ4v) is 6.61. The van der Waals surface area contributed by atoms with Gasteiger partial charge < -0.3 is 24.4 Å². The van der Waals surface area contributed by atoms with Crippen molar-refractivity contribution in [1.29, 1.82) is 5.26 Å². The van der Waals surface area contributed by atoms with Gasteiger partial charge in [0.25, 0.3) is 0 Å². The van der Waals surface area contributed by atoms with Crippen LogP contribution in [0, 0.1) is 11.3 Å². The molecule has 3 saturated heterocycles. The van der Waals surface area contributed by atoms with E-state index in [-0.39, 0.29) is 5.56 Å². The SMILES string of the molecule is COC1CCN(CCc2ccc(N3CCN4C(C)CN(c5ccc(C#N)c6[nH]c(=O)ccc56)CC4C3)nc2)C1. The molecule has 3 aliphatic heterocycles. The summed E-state index contributed by atoms with van der Waals surface area (Å²) in [5.74, 6) is 1.05. The molecule has 9 nitrogen and oxygen atoms in total. The lowest BCUT2D eigenvalue weighted by molar-refractivity contribution is 0.108. The molecule has 3 aliphatic rings. The number of fused-ring (bicyclic) bond motifs is 2. The Balaban J connectivity index is 1.14. The number of nitriles is 1. The van der Waals surface area contributed by atoms with Crippen molar-refractivity contribution in [2.75, 3.05) is 69.3 Å². The molecule has 5 heterocycles. The Morgan fingerprint density at radius 1 is 1.05 bits per heavy atom. The Bertz CT molecular complexity index is 1420. The summed E-state index contributed by atoms with van der Waals surface area (Å²) in [6.45, 7) is 10.2. The number of H-pyrrole nitrogens is 1. The minimum atomic E-state index is -0.188. The lowest BCUT2D eigenvalue weighted by Gasteiger charge is -2.51. The van der Waals surface area contributed by atoms with Crippen LogP contribution >= 0.6 is 0 Å².